The average Bonchev–Trinajstić information content (AvgIpc) is 2.42. The standard InChI is InChI=1S/C13H11BrN2O2S/c14-10-5-8(15)7-16-13(10)19-9-1-2-11-12(6-9)18-4-3-17-11/h1-2,5-7H,3-4,15H2. The molecule has 0 saturated heterocycles. The number of nitrogens with zero attached hydrogens (tertiary/aromatic N) is 1. The largest absolute Gasteiger partial charge is 0.486 e. The maximum Gasteiger partial charge on any atom is 0.162 e. The number of hydrogen-bond acceptors (Lipinski definition) is 5. The van der Waals surface area contributed by atoms with Gasteiger partial charge in [-0.05, 0) is 40.2 Å². The topological polar surface area (TPSA) is 57.4 Å². The number of ether oxygens (including phenoxy) is 2. The first kappa shape index (κ1) is 12.6. The zero-order chi connectivity index (χ0) is 13.2. The Morgan fingerprint density at radius 1 is 1.16 bits per heavy atom. The van der Waals surface area contributed by atoms with E-state index in [-0.39, 0.29) is 0 Å². The van der Waals surface area contributed by atoms with Crippen molar-refractivity contribution in [3.8, 4) is 11.5 Å². The van der Waals surface area contributed by atoms with Gasteiger partial charge in [-0.2, -0.15) is 0 Å². The average molecular weight is 339 g/mol. The highest BCUT2D eigenvalue weighted by molar-refractivity contribution is 9.10. The van der Waals surface area contributed by atoms with E-state index < -0.39 is 0 Å². The summed E-state index contributed by atoms with van der Waals surface area (Å²) in [5, 5.41) is 0.867. The fraction of sp³-hybridized carbons (Fsp3) is 0.154. The van der Waals surface area contributed by atoms with Crippen LogP contribution in [0.1, 0.15) is 0 Å². The molecule has 0 bridgehead atoms. The van der Waals surface area contributed by atoms with Gasteiger partial charge in [-0.25, -0.2) is 4.98 Å². The van der Waals surface area contributed by atoms with Crippen LogP contribution in [-0.2, 0) is 0 Å². The van der Waals surface area contributed by atoms with Gasteiger partial charge in [0.05, 0.1) is 16.4 Å². The van der Waals surface area contributed by atoms with Gasteiger partial charge in [0.1, 0.15) is 18.2 Å². The van der Waals surface area contributed by atoms with Crippen molar-refractivity contribution in [3.63, 3.8) is 0 Å². The van der Waals surface area contributed by atoms with Crippen molar-refractivity contribution in [2.45, 2.75) is 9.92 Å². The third-order valence-electron chi connectivity index (χ3n) is 2.56. The van der Waals surface area contributed by atoms with Crippen molar-refractivity contribution in [2.24, 2.45) is 0 Å². The number of nitrogen functional groups attached to an aromatic ring is 1. The van der Waals surface area contributed by atoms with Crippen molar-refractivity contribution in [3.05, 3.63) is 34.9 Å². The lowest BCUT2D eigenvalue weighted by atomic mass is 10.3. The minimum absolute atomic E-state index is 0.588. The summed E-state index contributed by atoms with van der Waals surface area (Å²) in [5.74, 6) is 1.57. The Morgan fingerprint density at radius 2 is 1.95 bits per heavy atom. The molecule has 4 nitrogen and oxygen atoms in total. The van der Waals surface area contributed by atoms with Gasteiger partial charge in [0.15, 0.2) is 11.5 Å². The fourth-order valence-electron chi connectivity index (χ4n) is 1.71. The van der Waals surface area contributed by atoms with Crippen LogP contribution >= 0.6 is 27.7 Å². The number of fused-ring (bicyclic) bond motifs is 1. The highest BCUT2D eigenvalue weighted by Gasteiger charge is 2.13. The van der Waals surface area contributed by atoms with E-state index in [9.17, 15) is 0 Å². The Kier molecular flexibility index (Phi) is 3.52. The maximum absolute atomic E-state index is 5.67. The molecular formula is C13H11BrN2O2S. The molecule has 6 heteroatoms. The van der Waals surface area contributed by atoms with Crippen LogP contribution in [0.25, 0.3) is 0 Å². The fourth-order valence-corrected chi connectivity index (χ4v) is 3.11. The summed E-state index contributed by atoms with van der Waals surface area (Å²) in [5.41, 5.74) is 6.31. The molecule has 1 aromatic heterocycles. The molecule has 1 aliphatic rings. The van der Waals surface area contributed by atoms with Gasteiger partial charge in [0.2, 0.25) is 0 Å². The quantitative estimate of drug-likeness (QED) is 0.909. The van der Waals surface area contributed by atoms with E-state index in [1.54, 1.807) is 18.0 Å². The summed E-state index contributed by atoms with van der Waals surface area (Å²) < 4.78 is 11.9. The molecule has 1 aromatic carbocycles. The maximum atomic E-state index is 5.67. The second kappa shape index (κ2) is 5.30. The molecule has 0 atom stereocenters. The first-order chi connectivity index (χ1) is 9.22. The van der Waals surface area contributed by atoms with Crippen LogP contribution in [0, 0.1) is 0 Å². The van der Waals surface area contributed by atoms with Crippen LogP contribution in [-0.4, -0.2) is 18.2 Å². The van der Waals surface area contributed by atoms with Crippen molar-refractivity contribution in [1.29, 1.82) is 0 Å². The van der Waals surface area contributed by atoms with Crippen LogP contribution in [0.15, 0.2) is 44.9 Å². The van der Waals surface area contributed by atoms with Gasteiger partial charge in [0.25, 0.3) is 0 Å². The van der Waals surface area contributed by atoms with Crippen LogP contribution < -0.4 is 15.2 Å². The van der Waals surface area contributed by atoms with Gasteiger partial charge < -0.3 is 15.2 Å². The van der Waals surface area contributed by atoms with E-state index in [1.165, 1.54) is 0 Å². The first-order valence-corrected chi connectivity index (χ1v) is 7.32. The van der Waals surface area contributed by atoms with Crippen molar-refractivity contribution in [1.82, 2.24) is 4.98 Å². The molecule has 0 amide bonds. The Bertz CT molecular complexity index is 622. The minimum atomic E-state index is 0.588. The zero-order valence-electron chi connectivity index (χ0n) is 9.93. The van der Waals surface area contributed by atoms with Crippen molar-refractivity contribution >= 4 is 33.4 Å². The predicted octanol–water partition coefficient (Wildman–Crippen LogP) is 3.35. The highest BCUT2D eigenvalue weighted by atomic mass is 79.9. The third-order valence-corrected chi connectivity index (χ3v) is 4.43. The van der Waals surface area contributed by atoms with Crippen LogP contribution in [0.3, 0.4) is 0 Å². The van der Waals surface area contributed by atoms with E-state index in [1.807, 2.05) is 24.3 Å². The van der Waals surface area contributed by atoms with Gasteiger partial charge in [-0.1, -0.05) is 11.8 Å². The molecule has 0 spiro atoms. The Balaban J connectivity index is 1.87. The van der Waals surface area contributed by atoms with Crippen molar-refractivity contribution in [2.75, 3.05) is 18.9 Å². The van der Waals surface area contributed by atoms with Gasteiger partial charge in [0, 0.05) is 4.90 Å². The minimum Gasteiger partial charge on any atom is -0.486 e. The molecule has 2 heterocycles. The van der Waals surface area contributed by atoms with Gasteiger partial charge in [-0.3, -0.25) is 0 Å². The van der Waals surface area contributed by atoms with E-state index >= 15 is 0 Å². The molecule has 0 unspecified atom stereocenters. The molecule has 19 heavy (non-hydrogen) atoms. The number of hydrogen-bond donors (Lipinski definition) is 1. The number of aromatic nitrogens is 1. The molecular weight excluding hydrogens is 328 g/mol. The molecule has 0 radical (unpaired) electrons. The Hall–Kier alpha value is -1.40. The number of nitrogens with two attached hydrogens (primary N) is 1. The summed E-state index contributed by atoms with van der Waals surface area (Å²) in [6.07, 6.45) is 1.64. The summed E-state index contributed by atoms with van der Waals surface area (Å²) in [7, 11) is 0. The number of rotatable bonds is 2. The molecule has 98 valence electrons. The molecule has 0 saturated carbocycles. The smallest absolute Gasteiger partial charge is 0.162 e. The van der Waals surface area contributed by atoms with E-state index in [0.717, 1.165) is 25.9 Å². The normalized spacial score (nSPS) is 13.3. The van der Waals surface area contributed by atoms with Crippen LogP contribution in [0.4, 0.5) is 5.69 Å². The first-order valence-electron chi connectivity index (χ1n) is 5.71. The lowest BCUT2D eigenvalue weighted by Crippen LogP contribution is -2.15. The number of pyridine rings is 1. The number of anilines is 1. The number of halogens is 1. The SMILES string of the molecule is Nc1cnc(Sc2ccc3c(c2)OCCO3)c(Br)c1. The van der Waals surface area contributed by atoms with Crippen LogP contribution in [0.2, 0.25) is 0 Å². The summed E-state index contributed by atoms with van der Waals surface area (Å²) >= 11 is 5.01. The van der Waals surface area contributed by atoms with E-state index in [0.29, 0.717) is 18.9 Å². The molecule has 1 aliphatic heterocycles. The Labute approximate surface area is 123 Å². The summed E-state index contributed by atoms with van der Waals surface area (Å²) in [6.45, 7) is 1.19. The Morgan fingerprint density at radius 3 is 2.74 bits per heavy atom. The lowest BCUT2D eigenvalue weighted by Gasteiger charge is -2.18. The zero-order valence-corrected chi connectivity index (χ0v) is 12.3. The highest BCUT2D eigenvalue weighted by Crippen LogP contribution is 2.38. The predicted molar refractivity (Wildman–Crippen MR) is 77.9 cm³/mol. The summed E-state index contributed by atoms with van der Waals surface area (Å²) in [4.78, 5) is 5.35. The monoisotopic (exact) mass is 338 g/mol. The molecule has 2 N–H and O–H groups in total. The van der Waals surface area contributed by atoms with Gasteiger partial charge >= 0.3 is 0 Å². The summed E-state index contributed by atoms with van der Waals surface area (Å²) in [6, 6.07) is 7.71. The molecule has 0 fully saturated rings. The number of benzene rings is 1. The third kappa shape index (κ3) is 2.79. The van der Waals surface area contributed by atoms with Crippen LogP contribution in [0.5, 0.6) is 11.5 Å². The van der Waals surface area contributed by atoms with E-state index in [2.05, 4.69) is 20.9 Å². The molecule has 3 rings (SSSR count). The molecule has 0 aliphatic carbocycles. The second-order valence-electron chi connectivity index (χ2n) is 3.96. The van der Waals surface area contributed by atoms with Gasteiger partial charge in [-0.15, -0.1) is 0 Å². The van der Waals surface area contributed by atoms with E-state index in [4.69, 9.17) is 15.2 Å². The lowest BCUT2D eigenvalue weighted by molar-refractivity contribution is 0.171. The second-order valence-corrected chi connectivity index (χ2v) is 5.88. The molecule has 2 aromatic rings. The van der Waals surface area contributed by atoms with Crippen molar-refractivity contribution < 1.29 is 9.47 Å².